The molecule has 0 aliphatic heterocycles. The van der Waals surface area contributed by atoms with Crippen molar-refractivity contribution in [2.45, 2.75) is 38.3 Å². The fraction of sp³-hybridized carbons (Fsp3) is 0.800. The SMILES string of the molecule is COC(C)C(=O)NC(CC1CC1)C(=O)O. The van der Waals surface area contributed by atoms with Crippen LogP contribution < -0.4 is 5.32 Å². The summed E-state index contributed by atoms with van der Waals surface area (Å²) in [6, 6.07) is -0.775. The topological polar surface area (TPSA) is 75.6 Å². The van der Waals surface area contributed by atoms with E-state index < -0.39 is 18.1 Å². The van der Waals surface area contributed by atoms with Crippen LogP contribution in [0.5, 0.6) is 0 Å². The van der Waals surface area contributed by atoms with Crippen LogP contribution in [0.4, 0.5) is 0 Å². The van der Waals surface area contributed by atoms with E-state index in [-0.39, 0.29) is 5.91 Å². The van der Waals surface area contributed by atoms with Crippen molar-refractivity contribution in [3.63, 3.8) is 0 Å². The Morgan fingerprint density at radius 2 is 2.13 bits per heavy atom. The summed E-state index contributed by atoms with van der Waals surface area (Å²) in [5.41, 5.74) is 0. The van der Waals surface area contributed by atoms with Gasteiger partial charge in [-0.15, -0.1) is 0 Å². The average molecular weight is 215 g/mol. The van der Waals surface area contributed by atoms with Gasteiger partial charge in [-0.25, -0.2) is 4.79 Å². The monoisotopic (exact) mass is 215 g/mol. The van der Waals surface area contributed by atoms with E-state index in [2.05, 4.69) is 5.32 Å². The van der Waals surface area contributed by atoms with Gasteiger partial charge >= 0.3 is 5.97 Å². The third-order valence-electron chi connectivity index (χ3n) is 2.60. The first-order chi connectivity index (χ1) is 7.04. The zero-order valence-corrected chi connectivity index (χ0v) is 9.03. The molecule has 0 spiro atoms. The number of carbonyl (C=O) groups is 2. The molecule has 1 aliphatic carbocycles. The van der Waals surface area contributed by atoms with Gasteiger partial charge in [-0.1, -0.05) is 12.8 Å². The largest absolute Gasteiger partial charge is 0.480 e. The molecule has 1 aliphatic rings. The van der Waals surface area contributed by atoms with Crippen LogP contribution in [0, 0.1) is 5.92 Å². The molecule has 5 heteroatoms. The van der Waals surface area contributed by atoms with Crippen molar-refractivity contribution in [3.05, 3.63) is 0 Å². The number of rotatable bonds is 6. The number of carboxylic acid groups (broad SMARTS) is 1. The van der Waals surface area contributed by atoms with Gasteiger partial charge in [0, 0.05) is 7.11 Å². The highest BCUT2D eigenvalue weighted by Crippen LogP contribution is 2.33. The van der Waals surface area contributed by atoms with E-state index in [9.17, 15) is 9.59 Å². The minimum absolute atomic E-state index is 0.370. The van der Waals surface area contributed by atoms with Crippen molar-refractivity contribution < 1.29 is 19.4 Å². The smallest absolute Gasteiger partial charge is 0.326 e. The molecule has 0 aromatic heterocycles. The highest BCUT2D eigenvalue weighted by Gasteiger charge is 2.30. The van der Waals surface area contributed by atoms with Gasteiger partial charge in [0.15, 0.2) is 0 Å². The number of carbonyl (C=O) groups excluding carboxylic acids is 1. The van der Waals surface area contributed by atoms with E-state index in [1.165, 1.54) is 7.11 Å². The van der Waals surface area contributed by atoms with Gasteiger partial charge in [0.1, 0.15) is 12.1 Å². The molecule has 5 nitrogen and oxygen atoms in total. The first kappa shape index (κ1) is 12.0. The van der Waals surface area contributed by atoms with Crippen molar-refractivity contribution in [1.82, 2.24) is 5.32 Å². The molecule has 0 radical (unpaired) electrons. The maximum absolute atomic E-state index is 11.4. The van der Waals surface area contributed by atoms with Gasteiger partial charge in [0.25, 0.3) is 0 Å². The first-order valence-corrected chi connectivity index (χ1v) is 5.10. The number of nitrogens with one attached hydrogen (secondary N) is 1. The van der Waals surface area contributed by atoms with Crippen molar-refractivity contribution in [1.29, 1.82) is 0 Å². The molecule has 15 heavy (non-hydrogen) atoms. The minimum Gasteiger partial charge on any atom is -0.480 e. The van der Waals surface area contributed by atoms with Gasteiger partial charge in [-0.2, -0.15) is 0 Å². The lowest BCUT2D eigenvalue weighted by Crippen LogP contribution is -2.45. The van der Waals surface area contributed by atoms with Crippen molar-refractivity contribution >= 4 is 11.9 Å². The zero-order chi connectivity index (χ0) is 11.4. The summed E-state index contributed by atoms with van der Waals surface area (Å²) in [4.78, 5) is 22.2. The minimum atomic E-state index is -0.974. The van der Waals surface area contributed by atoms with Gasteiger partial charge in [-0.05, 0) is 19.3 Å². The Labute approximate surface area is 88.8 Å². The standard InChI is InChI=1S/C10H17NO4/c1-6(15-2)9(12)11-8(10(13)14)5-7-3-4-7/h6-8H,3-5H2,1-2H3,(H,11,12)(H,13,14). The van der Waals surface area contributed by atoms with Crippen LogP contribution in [0.15, 0.2) is 0 Å². The third-order valence-corrected chi connectivity index (χ3v) is 2.60. The Bertz CT molecular complexity index is 250. The van der Waals surface area contributed by atoms with Crippen molar-refractivity contribution in [3.8, 4) is 0 Å². The number of ether oxygens (including phenoxy) is 1. The molecule has 2 N–H and O–H groups in total. The Morgan fingerprint density at radius 3 is 2.53 bits per heavy atom. The van der Waals surface area contributed by atoms with Crippen LogP contribution in [0.25, 0.3) is 0 Å². The molecular formula is C10H17NO4. The van der Waals surface area contributed by atoms with Crippen molar-refractivity contribution in [2.24, 2.45) is 5.92 Å². The molecule has 1 saturated carbocycles. The normalized spacial score (nSPS) is 19.3. The summed E-state index contributed by atoms with van der Waals surface area (Å²) < 4.78 is 4.81. The maximum Gasteiger partial charge on any atom is 0.326 e. The average Bonchev–Trinajstić information content (AvgIpc) is 2.99. The first-order valence-electron chi connectivity index (χ1n) is 5.10. The quantitative estimate of drug-likeness (QED) is 0.672. The summed E-state index contributed by atoms with van der Waals surface area (Å²) in [7, 11) is 1.42. The molecule has 2 unspecified atom stereocenters. The van der Waals surface area contributed by atoms with Crippen LogP contribution in [-0.2, 0) is 14.3 Å². The van der Waals surface area contributed by atoms with Crippen LogP contribution in [0.3, 0.4) is 0 Å². The van der Waals surface area contributed by atoms with Gasteiger partial charge < -0.3 is 15.2 Å². The second-order valence-electron chi connectivity index (χ2n) is 3.96. The zero-order valence-electron chi connectivity index (χ0n) is 9.03. The van der Waals surface area contributed by atoms with Gasteiger partial charge in [-0.3, -0.25) is 4.79 Å². The Hall–Kier alpha value is -1.10. The summed E-state index contributed by atoms with van der Waals surface area (Å²) in [5.74, 6) is -0.881. The Balaban J connectivity index is 2.42. The lowest BCUT2D eigenvalue weighted by molar-refractivity contribution is -0.143. The summed E-state index contributed by atoms with van der Waals surface area (Å²) >= 11 is 0. The Kier molecular flexibility index (Phi) is 4.08. The number of amides is 1. The number of hydrogen-bond acceptors (Lipinski definition) is 3. The van der Waals surface area contributed by atoms with Gasteiger partial charge in [0.2, 0.25) is 5.91 Å². The molecule has 1 rings (SSSR count). The van der Waals surface area contributed by atoms with Gasteiger partial charge in [0.05, 0.1) is 0 Å². The van der Waals surface area contributed by atoms with E-state index in [0.29, 0.717) is 12.3 Å². The van der Waals surface area contributed by atoms with Crippen LogP contribution in [0.2, 0.25) is 0 Å². The lowest BCUT2D eigenvalue weighted by atomic mass is 10.1. The molecule has 86 valence electrons. The van der Waals surface area contributed by atoms with E-state index in [0.717, 1.165) is 12.8 Å². The highest BCUT2D eigenvalue weighted by atomic mass is 16.5. The second kappa shape index (κ2) is 5.11. The molecule has 1 fully saturated rings. The second-order valence-corrected chi connectivity index (χ2v) is 3.96. The van der Waals surface area contributed by atoms with Crippen LogP contribution in [-0.4, -0.2) is 36.2 Å². The number of carboxylic acids is 1. The third kappa shape index (κ3) is 3.87. The maximum atomic E-state index is 11.4. The predicted octanol–water partition coefficient (Wildman–Crippen LogP) is 0.391. The molecule has 0 bridgehead atoms. The molecule has 1 amide bonds. The van der Waals surface area contributed by atoms with Crippen molar-refractivity contribution in [2.75, 3.05) is 7.11 Å². The molecule has 0 heterocycles. The molecule has 0 aromatic rings. The summed E-state index contributed by atoms with van der Waals surface area (Å²) in [5, 5.41) is 11.4. The fourth-order valence-corrected chi connectivity index (χ4v) is 1.30. The lowest BCUT2D eigenvalue weighted by Gasteiger charge is -2.16. The number of aliphatic carboxylic acids is 1. The summed E-state index contributed by atoms with van der Waals surface area (Å²) in [6.45, 7) is 1.59. The molecule has 0 saturated heterocycles. The number of hydrogen-bond donors (Lipinski definition) is 2. The highest BCUT2D eigenvalue weighted by molar-refractivity contribution is 5.86. The molecular weight excluding hydrogens is 198 g/mol. The molecule has 2 atom stereocenters. The predicted molar refractivity (Wildman–Crippen MR) is 53.4 cm³/mol. The van der Waals surface area contributed by atoms with Crippen LogP contribution >= 0.6 is 0 Å². The van der Waals surface area contributed by atoms with E-state index in [4.69, 9.17) is 9.84 Å². The summed E-state index contributed by atoms with van der Waals surface area (Å²) in [6.07, 6.45) is 2.06. The number of methoxy groups -OCH3 is 1. The fourth-order valence-electron chi connectivity index (χ4n) is 1.30. The Morgan fingerprint density at radius 1 is 1.53 bits per heavy atom. The molecule has 0 aromatic carbocycles. The van der Waals surface area contributed by atoms with E-state index in [1.54, 1.807) is 6.92 Å². The van der Waals surface area contributed by atoms with E-state index in [1.807, 2.05) is 0 Å². The van der Waals surface area contributed by atoms with Crippen LogP contribution in [0.1, 0.15) is 26.2 Å². The van der Waals surface area contributed by atoms with E-state index >= 15 is 0 Å².